The Bertz CT molecular complexity index is 533. The van der Waals surface area contributed by atoms with Crippen molar-refractivity contribution in [1.82, 2.24) is 14.9 Å². The molecule has 1 unspecified atom stereocenters. The molecule has 1 saturated heterocycles. The van der Waals surface area contributed by atoms with Crippen LogP contribution in [0.25, 0.3) is 0 Å². The molecule has 2 heterocycles. The minimum Gasteiger partial charge on any atom is -0.388 e. The van der Waals surface area contributed by atoms with Gasteiger partial charge in [-0.1, -0.05) is 12.2 Å². The van der Waals surface area contributed by atoms with Crippen molar-refractivity contribution in [2.24, 2.45) is 5.73 Å². The molecule has 1 atom stereocenters. The first-order valence-electron chi connectivity index (χ1n) is 5.19. The van der Waals surface area contributed by atoms with Crippen LogP contribution in [0.15, 0.2) is 12.3 Å². The van der Waals surface area contributed by atoms with E-state index in [4.69, 9.17) is 18.0 Å². The number of nitrogens with two attached hydrogens (primary N) is 1. The maximum atomic E-state index is 11.7. The number of carbonyl (C=O) groups is 2. The molecule has 2 rings (SSSR count). The van der Waals surface area contributed by atoms with E-state index in [0.29, 0.717) is 5.69 Å². The van der Waals surface area contributed by atoms with E-state index >= 15 is 0 Å². The second-order valence-corrected chi connectivity index (χ2v) is 4.26. The van der Waals surface area contributed by atoms with Crippen molar-refractivity contribution in [2.75, 3.05) is 12.4 Å². The lowest BCUT2D eigenvalue weighted by atomic mass is 10.2. The number of thiocarbonyl (C=S) groups is 1. The standard InChI is InChI=1S/C10H11N5O2S/c1-15-7(16)4-6(9(15)17)14-10-12-3-2-5(13-10)8(11)18/h2-3,6H,4H2,1H3,(H2,11,18)(H,12,13,14). The summed E-state index contributed by atoms with van der Waals surface area (Å²) in [6.07, 6.45) is 1.57. The van der Waals surface area contributed by atoms with Crippen LogP contribution in [0.5, 0.6) is 0 Å². The zero-order valence-electron chi connectivity index (χ0n) is 9.58. The van der Waals surface area contributed by atoms with Crippen molar-refractivity contribution in [2.45, 2.75) is 12.5 Å². The van der Waals surface area contributed by atoms with Gasteiger partial charge in [0.05, 0.1) is 6.42 Å². The quantitative estimate of drug-likeness (QED) is 0.549. The van der Waals surface area contributed by atoms with Crippen molar-refractivity contribution in [3.63, 3.8) is 0 Å². The highest BCUT2D eigenvalue weighted by atomic mass is 32.1. The molecular formula is C10H11N5O2S. The molecule has 1 fully saturated rings. The summed E-state index contributed by atoms with van der Waals surface area (Å²) < 4.78 is 0. The summed E-state index contributed by atoms with van der Waals surface area (Å²) in [5.41, 5.74) is 5.86. The SMILES string of the molecule is CN1C(=O)CC(Nc2nccc(C(N)=S)n2)C1=O. The summed E-state index contributed by atoms with van der Waals surface area (Å²) >= 11 is 4.80. The number of nitrogens with zero attached hydrogens (tertiary/aromatic N) is 3. The zero-order chi connectivity index (χ0) is 13.3. The van der Waals surface area contributed by atoms with Crippen molar-refractivity contribution < 1.29 is 9.59 Å². The molecule has 7 nitrogen and oxygen atoms in total. The van der Waals surface area contributed by atoms with Crippen molar-refractivity contribution >= 4 is 35.0 Å². The van der Waals surface area contributed by atoms with Gasteiger partial charge in [0.25, 0.3) is 5.91 Å². The summed E-state index contributed by atoms with van der Waals surface area (Å²) in [4.78, 5) is 32.2. The van der Waals surface area contributed by atoms with Crippen LogP contribution in [0.4, 0.5) is 5.95 Å². The van der Waals surface area contributed by atoms with Gasteiger partial charge in [-0.25, -0.2) is 9.97 Å². The number of likely N-dealkylation sites (tertiary alicyclic amines) is 1. The number of amides is 2. The van der Waals surface area contributed by atoms with E-state index in [0.717, 1.165) is 4.90 Å². The minimum atomic E-state index is -0.635. The maximum absolute atomic E-state index is 11.7. The Morgan fingerprint density at radius 3 is 2.89 bits per heavy atom. The van der Waals surface area contributed by atoms with E-state index in [1.54, 1.807) is 6.07 Å². The molecule has 0 aliphatic carbocycles. The highest BCUT2D eigenvalue weighted by Gasteiger charge is 2.36. The van der Waals surface area contributed by atoms with Gasteiger partial charge in [-0.15, -0.1) is 0 Å². The van der Waals surface area contributed by atoms with E-state index in [1.165, 1.54) is 13.2 Å². The number of carbonyl (C=O) groups excluding carboxylic acids is 2. The number of aromatic nitrogens is 2. The Hall–Kier alpha value is -2.09. The first-order chi connectivity index (χ1) is 8.49. The van der Waals surface area contributed by atoms with Gasteiger partial charge in [0.1, 0.15) is 16.7 Å². The predicted molar refractivity (Wildman–Crippen MR) is 67.7 cm³/mol. The van der Waals surface area contributed by atoms with Crippen LogP contribution < -0.4 is 11.1 Å². The largest absolute Gasteiger partial charge is 0.388 e. The molecule has 1 aliphatic rings. The molecule has 0 radical (unpaired) electrons. The van der Waals surface area contributed by atoms with Gasteiger partial charge in [-0.05, 0) is 6.07 Å². The molecule has 0 bridgehead atoms. The third kappa shape index (κ3) is 2.28. The molecule has 8 heteroatoms. The Labute approximate surface area is 108 Å². The van der Waals surface area contributed by atoms with Gasteiger partial charge in [0, 0.05) is 13.2 Å². The van der Waals surface area contributed by atoms with Gasteiger partial charge in [0.2, 0.25) is 11.9 Å². The van der Waals surface area contributed by atoms with E-state index in [1.807, 2.05) is 0 Å². The van der Waals surface area contributed by atoms with Gasteiger partial charge in [-0.3, -0.25) is 14.5 Å². The van der Waals surface area contributed by atoms with Gasteiger partial charge in [0.15, 0.2) is 0 Å². The maximum Gasteiger partial charge on any atom is 0.252 e. The van der Waals surface area contributed by atoms with Crippen LogP contribution in [-0.4, -0.2) is 44.8 Å². The fourth-order valence-corrected chi connectivity index (χ4v) is 1.70. The van der Waals surface area contributed by atoms with E-state index in [-0.39, 0.29) is 29.2 Å². The lowest BCUT2D eigenvalue weighted by molar-refractivity contribution is -0.136. The predicted octanol–water partition coefficient (Wildman–Crippen LogP) is -0.720. The van der Waals surface area contributed by atoms with E-state index in [2.05, 4.69) is 15.3 Å². The average molecular weight is 265 g/mol. The number of rotatable bonds is 3. The molecule has 1 aromatic heterocycles. The van der Waals surface area contributed by atoms with Crippen LogP contribution in [-0.2, 0) is 9.59 Å². The molecule has 1 aromatic rings. The minimum absolute atomic E-state index is 0.0932. The number of hydrogen-bond acceptors (Lipinski definition) is 6. The Morgan fingerprint density at radius 1 is 1.61 bits per heavy atom. The normalized spacial score (nSPS) is 19.2. The first-order valence-corrected chi connectivity index (χ1v) is 5.59. The van der Waals surface area contributed by atoms with Gasteiger partial charge in [-0.2, -0.15) is 0 Å². The number of nitrogens with one attached hydrogen (secondary N) is 1. The number of likely N-dealkylation sites (N-methyl/N-ethyl adjacent to an activating group) is 1. The smallest absolute Gasteiger partial charge is 0.252 e. The summed E-state index contributed by atoms with van der Waals surface area (Å²) in [5.74, 6) is -0.311. The number of imide groups is 1. The van der Waals surface area contributed by atoms with Crippen LogP contribution in [0.1, 0.15) is 12.1 Å². The monoisotopic (exact) mass is 265 g/mol. The fourth-order valence-electron chi connectivity index (χ4n) is 1.59. The van der Waals surface area contributed by atoms with Gasteiger partial charge >= 0.3 is 0 Å². The molecular weight excluding hydrogens is 254 g/mol. The van der Waals surface area contributed by atoms with E-state index in [9.17, 15) is 9.59 Å². The van der Waals surface area contributed by atoms with Crippen molar-refractivity contribution in [3.05, 3.63) is 18.0 Å². The third-order valence-corrected chi connectivity index (χ3v) is 2.80. The molecule has 3 N–H and O–H groups in total. The molecule has 0 aromatic carbocycles. The Balaban J connectivity index is 2.15. The molecule has 0 spiro atoms. The van der Waals surface area contributed by atoms with Crippen LogP contribution >= 0.6 is 12.2 Å². The lowest BCUT2D eigenvalue weighted by Gasteiger charge is -2.11. The summed E-state index contributed by atoms with van der Waals surface area (Å²) in [7, 11) is 1.44. The Kier molecular flexibility index (Phi) is 3.19. The highest BCUT2D eigenvalue weighted by molar-refractivity contribution is 7.80. The van der Waals surface area contributed by atoms with Crippen LogP contribution in [0.3, 0.4) is 0 Å². The van der Waals surface area contributed by atoms with E-state index < -0.39 is 6.04 Å². The molecule has 2 amide bonds. The number of anilines is 1. The summed E-state index contributed by atoms with van der Waals surface area (Å²) in [5, 5.41) is 2.80. The first kappa shape index (κ1) is 12.4. The van der Waals surface area contributed by atoms with Gasteiger partial charge < -0.3 is 11.1 Å². The second kappa shape index (κ2) is 4.65. The topological polar surface area (TPSA) is 101 Å². The molecule has 94 valence electrons. The number of hydrogen-bond donors (Lipinski definition) is 2. The highest BCUT2D eigenvalue weighted by Crippen LogP contribution is 2.14. The average Bonchev–Trinajstić information content (AvgIpc) is 2.57. The van der Waals surface area contributed by atoms with Crippen molar-refractivity contribution in [1.29, 1.82) is 0 Å². The third-order valence-electron chi connectivity index (χ3n) is 2.59. The Morgan fingerprint density at radius 2 is 2.33 bits per heavy atom. The fraction of sp³-hybridized carbons (Fsp3) is 0.300. The zero-order valence-corrected chi connectivity index (χ0v) is 10.4. The summed E-state index contributed by atoms with van der Waals surface area (Å²) in [6.45, 7) is 0. The summed E-state index contributed by atoms with van der Waals surface area (Å²) in [6, 6.07) is 0.936. The van der Waals surface area contributed by atoms with Crippen LogP contribution in [0, 0.1) is 0 Å². The van der Waals surface area contributed by atoms with Crippen molar-refractivity contribution in [3.8, 4) is 0 Å². The van der Waals surface area contributed by atoms with Crippen LogP contribution in [0.2, 0.25) is 0 Å². The molecule has 0 saturated carbocycles. The second-order valence-electron chi connectivity index (χ2n) is 3.82. The molecule has 18 heavy (non-hydrogen) atoms. The molecule has 1 aliphatic heterocycles. The lowest BCUT2D eigenvalue weighted by Crippen LogP contribution is -2.32.